The lowest BCUT2D eigenvalue weighted by molar-refractivity contribution is -0.133. The Kier molecular flexibility index (Phi) is 6.18. The number of benzene rings is 3. The highest BCUT2D eigenvalue weighted by molar-refractivity contribution is 6.31. The zero-order chi connectivity index (χ0) is 19.1. The third-order valence-corrected chi connectivity index (χ3v) is 4.08. The van der Waals surface area contributed by atoms with Gasteiger partial charge in [0.1, 0.15) is 5.75 Å². The third kappa shape index (κ3) is 5.40. The van der Waals surface area contributed by atoms with Gasteiger partial charge in [0.15, 0.2) is 5.78 Å². The molecule has 0 bridgehead atoms. The molecule has 3 aromatic rings. The molecule has 27 heavy (non-hydrogen) atoms. The third-order valence-electron chi connectivity index (χ3n) is 3.85. The summed E-state index contributed by atoms with van der Waals surface area (Å²) in [6.45, 7) is 0. The molecule has 4 heteroatoms. The quantitative estimate of drug-likeness (QED) is 0.251. The van der Waals surface area contributed by atoms with Gasteiger partial charge in [0.2, 0.25) is 0 Å². The minimum absolute atomic E-state index is 0.122. The van der Waals surface area contributed by atoms with Crippen molar-refractivity contribution in [3.8, 4) is 5.75 Å². The van der Waals surface area contributed by atoms with Crippen molar-refractivity contribution in [1.82, 2.24) is 0 Å². The van der Waals surface area contributed by atoms with Crippen molar-refractivity contribution in [2.75, 3.05) is 0 Å². The molecular weight excluding hydrogens is 360 g/mol. The first-order valence-corrected chi connectivity index (χ1v) is 8.81. The minimum atomic E-state index is -0.440. The van der Waals surface area contributed by atoms with E-state index in [0.717, 1.165) is 11.1 Å². The van der Waals surface area contributed by atoms with Crippen LogP contribution in [0.2, 0.25) is 5.02 Å². The summed E-state index contributed by atoms with van der Waals surface area (Å²) in [5, 5.41) is 0.398. The average molecular weight is 377 g/mol. The predicted octanol–water partition coefficient (Wildman–Crippen LogP) is 5.38. The van der Waals surface area contributed by atoms with Crippen molar-refractivity contribution in [2.24, 2.45) is 0 Å². The lowest BCUT2D eigenvalue weighted by atomic mass is 10.1. The van der Waals surface area contributed by atoms with Gasteiger partial charge in [-0.2, -0.15) is 0 Å². The number of hydrogen-bond acceptors (Lipinski definition) is 3. The number of hydrogen-bond donors (Lipinski definition) is 0. The predicted molar refractivity (Wildman–Crippen MR) is 107 cm³/mol. The second-order valence-electron chi connectivity index (χ2n) is 5.89. The normalized spacial score (nSPS) is 10.7. The highest BCUT2D eigenvalue weighted by Gasteiger charge is 2.15. The van der Waals surface area contributed by atoms with Gasteiger partial charge in [-0.25, -0.2) is 0 Å². The molecule has 0 radical (unpaired) electrons. The maximum absolute atomic E-state index is 12.6. The van der Waals surface area contributed by atoms with Crippen molar-refractivity contribution in [3.63, 3.8) is 0 Å². The van der Waals surface area contributed by atoms with E-state index in [4.69, 9.17) is 16.3 Å². The molecule has 3 rings (SSSR count). The second-order valence-corrected chi connectivity index (χ2v) is 6.32. The SMILES string of the molecule is O=C(Cc1ccccc1)Oc1ccc(Cl)cc1C(=O)/C=C/c1ccccc1. The summed E-state index contributed by atoms with van der Waals surface area (Å²) >= 11 is 6.03. The molecule has 0 saturated carbocycles. The van der Waals surface area contributed by atoms with Gasteiger partial charge in [0, 0.05) is 5.02 Å². The molecule has 0 N–H and O–H groups in total. The first-order chi connectivity index (χ1) is 13.1. The fourth-order valence-electron chi connectivity index (χ4n) is 2.53. The lowest BCUT2D eigenvalue weighted by Gasteiger charge is -2.09. The number of carbonyl (C=O) groups excluding carboxylic acids is 2. The number of halogens is 1. The number of ether oxygens (including phenoxy) is 1. The van der Waals surface area contributed by atoms with E-state index in [1.807, 2.05) is 60.7 Å². The standard InChI is InChI=1S/C23H17ClO3/c24-19-12-14-22(27-23(26)15-18-9-5-2-6-10-18)20(16-19)21(25)13-11-17-7-3-1-4-8-17/h1-14,16H,15H2/b13-11+. The summed E-state index contributed by atoms with van der Waals surface area (Å²) < 4.78 is 5.43. The topological polar surface area (TPSA) is 43.4 Å². The second kappa shape index (κ2) is 8.97. The molecule has 0 atom stereocenters. The Balaban J connectivity index is 1.77. The zero-order valence-electron chi connectivity index (χ0n) is 14.5. The van der Waals surface area contributed by atoms with Gasteiger partial charge < -0.3 is 4.74 Å². The van der Waals surface area contributed by atoms with E-state index in [0.29, 0.717) is 5.02 Å². The van der Waals surface area contributed by atoms with E-state index < -0.39 is 5.97 Å². The summed E-state index contributed by atoms with van der Waals surface area (Å²) in [4.78, 5) is 24.8. The lowest BCUT2D eigenvalue weighted by Crippen LogP contribution is -2.13. The van der Waals surface area contributed by atoms with E-state index in [2.05, 4.69) is 0 Å². The number of carbonyl (C=O) groups is 2. The highest BCUT2D eigenvalue weighted by atomic mass is 35.5. The Bertz CT molecular complexity index is 963. The van der Waals surface area contributed by atoms with Gasteiger partial charge in [-0.3, -0.25) is 9.59 Å². The molecule has 0 spiro atoms. The number of ketones is 1. The summed E-state index contributed by atoms with van der Waals surface area (Å²) in [7, 11) is 0. The molecule has 0 saturated heterocycles. The van der Waals surface area contributed by atoms with Crippen molar-refractivity contribution >= 4 is 29.4 Å². The first-order valence-electron chi connectivity index (χ1n) is 8.43. The van der Waals surface area contributed by atoms with Gasteiger partial charge in [0.25, 0.3) is 0 Å². The van der Waals surface area contributed by atoms with E-state index in [1.165, 1.54) is 18.2 Å². The Morgan fingerprint density at radius 1 is 0.889 bits per heavy atom. The first kappa shape index (κ1) is 18.6. The van der Waals surface area contributed by atoms with Crippen molar-refractivity contribution in [1.29, 1.82) is 0 Å². The molecule has 0 aromatic heterocycles. The van der Waals surface area contributed by atoms with Gasteiger partial charge in [-0.1, -0.05) is 78.3 Å². The average Bonchev–Trinajstić information content (AvgIpc) is 2.69. The molecule has 0 fully saturated rings. The van der Waals surface area contributed by atoms with Gasteiger partial charge >= 0.3 is 5.97 Å². The molecule has 0 aliphatic heterocycles. The Morgan fingerprint density at radius 2 is 1.56 bits per heavy atom. The van der Waals surface area contributed by atoms with E-state index >= 15 is 0 Å². The van der Waals surface area contributed by atoms with E-state index in [9.17, 15) is 9.59 Å². The largest absolute Gasteiger partial charge is 0.425 e. The van der Waals surface area contributed by atoms with Crippen molar-refractivity contribution in [3.05, 3.63) is 107 Å². The van der Waals surface area contributed by atoms with Crippen LogP contribution < -0.4 is 4.74 Å². The Hall–Kier alpha value is -3.17. The summed E-state index contributed by atoms with van der Waals surface area (Å²) in [5.41, 5.74) is 1.99. The Morgan fingerprint density at radius 3 is 2.26 bits per heavy atom. The minimum Gasteiger partial charge on any atom is -0.425 e. The van der Waals surface area contributed by atoms with Gasteiger partial charge in [-0.05, 0) is 35.4 Å². The van der Waals surface area contributed by atoms with Crippen LogP contribution in [0.15, 0.2) is 84.9 Å². The maximum Gasteiger partial charge on any atom is 0.315 e. The Labute approximate surface area is 162 Å². The molecule has 3 aromatic carbocycles. The fourth-order valence-corrected chi connectivity index (χ4v) is 2.70. The fraction of sp³-hybridized carbons (Fsp3) is 0.0435. The molecule has 0 aliphatic rings. The van der Waals surface area contributed by atoms with Crippen LogP contribution in [0.1, 0.15) is 21.5 Å². The van der Waals surface area contributed by atoms with Crippen LogP contribution >= 0.6 is 11.6 Å². The van der Waals surface area contributed by atoms with Crippen LogP contribution in [0.4, 0.5) is 0 Å². The molecule has 0 amide bonds. The molecule has 0 aliphatic carbocycles. The molecule has 3 nitrogen and oxygen atoms in total. The monoisotopic (exact) mass is 376 g/mol. The molecule has 0 heterocycles. The van der Waals surface area contributed by atoms with Crippen LogP contribution in [0.5, 0.6) is 5.75 Å². The summed E-state index contributed by atoms with van der Waals surface area (Å²) in [6.07, 6.45) is 3.27. The maximum atomic E-state index is 12.6. The van der Waals surface area contributed by atoms with Crippen LogP contribution in [0.25, 0.3) is 6.08 Å². The van der Waals surface area contributed by atoms with Gasteiger partial charge in [0.05, 0.1) is 12.0 Å². The van der Waals surface area contributed by atoms with Crippen LogP contribution in [0, 0.1) is 0 Å². The van der Waals surface area contributed by atoms with Crippen molar-refractivity contribution in [2.45, 2.75) is 6.42 Å². The van der Waals surface area contributed by atoms with Crippen LogP contribution in [0.3, 0.4) is 0 Å². The molecular formula is C23H17ClO3. The number of rotatable bonds is 6. The smallest absolute Gasteiger partial charge is 0.315 e. The molecule has 134 valence electrons. The van der Waals surface area contributed by atoms with Crippen LogP contribution in [-0.2, 0) is 11.2 Å². The van der Waals surface area contributed by atoms with E-state index in [1.54, 1.807) is 12.1 Å². The summed E-state index contributed by atoms with van der Waals surface area (Å²) in [6, 6.07) is 23.4. The number of esters is 1. The summed E-state index contributed by atoms with van der Waals surface area (Å²) in [5.74, 6) is -0.531. The number of allylic oxidation sites excluding steroid dienone is 1. The van der Waals surface area contributed by atoms with E-state index in [-0.39, 0.29) is 23.5 Å². The van der Waals surface area contributed by atoms with Gasteiger partial charge in [-0.15, -0.1) is 0 Å². The van der Waals surface area contributed by atoms with Crippen molar-refractivity contribution < 1.29 is 14.3 Å². The van der Waals surface area contributed by atoms with Crippen LogP contribution in [-0.4, -0.2) is 11.8 Å². The highest BCUT2D eigenvalue weighted by Crippen LogP contribution is 2.24. The zero-order valence-corrected chi connectivity index (χ0v) is 15.2. The molecule has 0 unspecified atom stereocenters.